The highest BCUT2D eigenvalue weighted by Gasteiger charge is 2.08. The van der Waals surface area contributed by atoms with Crippen LogP contribution in [0.4, 0.5) is 5.00 Å². The molecule has 9 heteroatoms. The van der Waals surface area contributed by atoms with Gasteiger partial charge in [0.2, 0.25) is 5.91 Å². The van der Waals surface area contributed by atoms with Gasteiger partial charge in [0, 0.05) is 6.07 Å². The molecule has 1 aromatic heterocycles. The van der Waals surface area contributed by atoms with Gasteiger partial charge in [-0.3, -0.25) is 19.7 Å². The predicted molar refractivity (Wildman–Crippen MR) is 89.9 cm³/mol. The quantitative estimate of drug-likeness (QED) is 0.449. The maximum atomic E-state index is 11.7. The third-order valence-corrected chi connectivity index (χ3v) is 3.80. The van der Waals surface area contributed by atoms with Crippen molar-refractivity contribution in [2.45, 2.75) is 6.42 Å². The van der Waals surface area contributed by atoms with E-state index in [0.29, 0.717) is 4.88 Å². The van der Waals surface area contributed by atoms with Crippen LogP contribution in [-0.4, -0.2) is 29.5 Å². The highest BCUT2D eigenvalue weighted by Crippen LogP contribution is 2.22. The Morgan fingerprint density at radius 1 is 1.17 bits per heavy atom. The zero-order valence-electron chi connectivity index (χ0n) is 12.5. The molecule has 2 rings (SSSR count). The van der Waals surface area contributed by atoms with Gasteiger partial charge < -0.3 is 5.32 Å². The molecule has 0 aliphatic rings. The van der Waals surface area contributed by atoms with E-state index >= 15 is 0 Å². The highest BCUT2D eigenvalue weighted by molar-refractivity contribution is 7.16. The molecule has 0 aliphatic heterocycles. The van der Waals surface area contributed by atoms with Gasteiger partial charge in [-0.1, -0.05) is 41.7 Å². The number of rotatable bonds is 7. The fraction of sp³-hybridized carbons (Fsp3) is 0.133. The van der Waals surface area contributed by atoms with Crippen molar-refractivity contribution in [3.63, 3.8) is 0 Å². The zero-order valence-corrected chi connectivity index (χ0v) is 13.3. The molecule has 0 unspecified atom stereocenters. The van der Waals surface area contributed by atoms with Crippen molar-refractivity contribution in [2.24, 2.45) is 5.10 Å². The Morgan fingerprint density at radius 2 is 1.92 bits per heavy atom. The number of thiophene rings is 1. The lowest BCUT2D eigenvalue weighted by atomic mass is 10.1. The summed E-state index contributed by atoms with van der Waals surface area (Å²) < 4.78 is 0. The SMILES string of the molecule is O=C(Cc1ccccc1)NCC(=O)NN=Cc1ccc([N+](=O)[O-])s1. The minimum absolute atomic E-state index is 0.00375. The number of nitro groups is 1. The van der Waals surface area contributed by atoms with Crippen LogP contribution in [0.5, 0.6) is 0 Å². The minimum atomic E-state index is -0.497. The predicted octanol–water partition coefficient (Wildman–Crippen LogP) is 1.47. The monoisotopic (exact) mass is 346 g/mol. The van der Waals surface area contributed by atoms with Crippen LogP contribution >= 0.6 is 11.3 Å². The van der Waals surface area contributed by atoms with Gasteiger partial charge in [0.15, 0.2) is 0 Å². The van der Waals surface area contributed by atoms with E-state index in [2.05, 4.69) is 15.8 Å². The summed E-state index contributed by atoms with van der Waals surface area (Å²) in [6, 6.07) is 12.1. The van der Waals surface area contributed by atoms with Gasteiger partial charge in [0.25, 0.3) is 5.91 Å². The fourth-order valence-corrected chi connectivity index (χ4v) is 2.43. The number of carbonyl (C=O) groups is 2. The zero-order chi connectivity index (χ0) is 17.4. The average molecular weight is 346 g/mol. The number of hydrogen-bond donors (Lipinski definition) is 2. The van der Waals surface area contributed by atoms with Crippen LogP contribution in [-0.2, 0) is 16.0 Å². The standard InChI is InChI=1S/C15H14N4O4S/c20-13(8-11-4-2-1-3-5-11)16-10-14(21)18-17-9-12-6-7-15(24-12)19(22)23/h1-7,9H,8,10H2,(H,16,20)(H,18,21). The molecule has 0 bridgehead atoms. The summed E-state index contributed by atoms with van der Waals surface area (Å²) in [4.78, 5) is 33.8. The summed E-state index contributed by atoms with van der Waals surface area (Å²) >= 11 is 0.943. The van der Waals surface area contributed by atoms with Crippen LogP contribution < -0.4 is 10.7 Å². The van der Waals surface area contributed by atoms with Crippen LogP contribution in [0.15, 0.2) is 47.6 Å². The smallest absolute Gasteiger partial charge is 0.324 e. The van der Waals surface area contributed by atoms with Gasteiger partial charge >= 0.3 is 5.00 Å². The molecule has 2 N–H and O–H groups in total. The molecule has 1 aromatic carbocycles. The number of hydrazone groups is 1. The molecule has 0 spiro atoms. The van der Waals surface area contributed by atoms with Crippen LogP contribution in [0.25, 0.3) is 0 Å². The van der Waals surface area contributed by atoms with Gasteiger partial charge in [-0.25, -0.2) is 5.43 Å². The Kier molecular flexibility index (Phi) is 6.15. The minimum Gasteiger partial charge on any atom is -0.347 e. The summed E-state index contributed by atoms with van der Waals surface area (Å²) in [7, 11) is 0. The number of benzene rings is 1. The first-order valence-corrected chi connectivity index (χ1v) is 7.73. The highest BCUT2D eigenvalue weighted by atomic mass is 32.1. The van der Waals surface area contributed by atoms with Crippen LogP contribution in [0.2, 0.25) is 0 Å². The average Bonchev–Trinajstić information content (AvgIpc) is 3.03. The molecule has 0 radical (unpaired) electrons. The molecule has 2 aromatic rings. The van der Waals surface area contributed by atoms with E-state index in [1.165, 1.54) is 18.3 Å². The second-order valence-electron chi connectivity index (χ2n) is 4.67. The molecule has 0 saturated heterocycles. The molecule has 0 fully saturated rings. The van der Waals surface area contributed by atoms with Crippen molar-refractivity contribution in [3.8, 4) is 0 Å². The maximum Gasteiger partial charge on any atom is 0.324 e. The molecule has 124 valence electrons. The molecule has 24 heavy (non-hydrogen) atoms. The number of carbonyl (C=O) groups excluding carboxylic acids is 2. The number of nitrogens with zero attached hydrogens (tertiary/aromatic N) is 2. The Balaban J connectivity index is 1.71. The Bertz CT molecular complexity index is 758. The van der Waals surface area contributed by atoms with Crippen LogP contribution in [0, 0.1) is 10.1 Å². The van der Waals surface area contributed by atoms with Gasteiger partial charge in [-0.2, -0.15) is 5.10 Å². The second kappa shape index (κ2) is 8.53. The number of nitrogens with one attached hydrogen (secondary N) is 2. The Hall–Kier alpha value is -3.07. The molecule has 0 aliphatic carbocycles. The van der Waals surface area contributed by atoms with Crippen molar-refractivity contribution in [1.82, 2.24) is 10.7 Å². The summed E-state index contributed by atoms with van der Waals surface area (Å²) in [6.45, 7) is -0.201. The second-order valence-corrected chi connectivity index (χ2v) is 5.76. The van der Waals surface area contributed by atoms with Gasteiger partial charge in [0.05, 0.1) is 29.0 Å². The third kappa shape index (κ3) is 5.61. The summed E-state index contributed by atoms with van der Waals surface area (Å²) in [5.41, 5.74) is 3.10. The van der Waals surface area contributed by atoms with E-state index in [-0.39, 0.29) is 23.9 Å². The van der Waals surface area contributed by atoms with E-state index in [1.807, 2.05) is 30.3 Å². The first-order valence-electron chi connectivity index (χ1n) is 6.91. The summed E-state index contributed by atoms with van der Waals surface area (Å²) in [5, 5.41) is 16.7. The Labute approximate surface area is 141 Å². The largest absolute Gasteiger partial charge is 0.347 e. The lowest BCUT2D eigenvalue weighted by Gasteiger charge is -2.04. The lowest BCUT2D eigenvalue weighted by molar-refractivity contribution is -0.380. The summed E-state index contributed by atoms with van der Waals surface area (Å²) in [6.07, 6.45) is 1.50. The molecule has 1 heterocycles. The van der Waals surface area contributed by atoms with Crippen LogP contribution in [0.3, 0.4) is 0 Å². The Morgan fingerprint density at radius 3 is 2.58 bits per heavy atom. The number of amides is 2. The van der Waals surface area contributed by atoms with Gasteiger partial charge in [-0.15, -0.1) is 0 Å². The van der Waals surface area contributed by atoms with Crippen molar-refractivity contribution >= 4 is 34.4 Å². The van der Waals surface area contributed by atoms with E-state index in [4.69, 9.17) is 0 Å². The summed E-state index contributed by atoms with van der Waals surface area (Å²) in [5.74, 6) is -0.757. The first kappa shape index (κ1) is 17.3. The molecule has 0 saturated carbocycles. The number of hydrogen-bond acceptors (Lipinski definition) is 6. The topological polar surface area (TPSA) is 114 Å². The molecule has 0 atom stereocenters. The van der Waals surface area contributed by atoms with E-state index in [9.17, 15) is 19.7 Å². The van der Waals surface area contributed by atoms with Crippen molar-refractivity contribution in [1.29, 1.82) is 0 Å². The normalized spacial score (nSPS) is 10.5. The van der Waals surface area contributed by atoms with Crippen molar-refractivity contribution < 1.29 is 14.5 Å². The van der Waals surface area contributed by atoms with E-state index in [0.717, 1.165) is 16.9 Å². The van der Waals surface area contributed by atoms with Crippen LogP contribution in [0.1, 0.15) is 10.4 Å². The van der Waals surface area contributed by atoms with E-state index < -0.39 is 10.8 Å². The fourth-order valence-electron chi connectivity index (χ4n) is 1.74. The van der Waals surface area contributed by atoms with Crippen molar-refractivity contribution in [3.05, 3.63) is 63.0 Å². The maximum absolute atomic E-state index is 11.7. The lowest BCUT2D eigenvalue weighted by Crippen LogP contribution is -2.35. The third-order valence-electron chi connectivity index (χ3n) is 2.83. The molecular formula is C15H14N4O4S. The van der Waals surface area contributed by atoms with Gasteiger partial charge in [0.1, 0.15) is 0 Å². The van der Waals surface area contributed by atoms with Crippen molar-refractivity contribution in [2.75, 3.05) is 6.54 Å². The molecular weight excluding hydrogens is 332 g/mol. The molecule has 2 amide bonds. The van der Waals surface area contributed by atoms with Gasteiger partial charge in [-0.05, 0) is 11.6 Å². The molecule has 8 nitrogen and oxygen atoms in total. The first-order chi connectivity index (χ1) is 11.5. The van der Waals surface area contributed by atoms with E-state index in [1.54, 1.807) is 0 Å².